The SMILES string of the molecule is CC1(C)CCCCC1NCc1ccc([Si](C)(C)C)cc1. The van der Waals surface area contributed by atoms with Crippen LogP contribution in [0.5, 0.6) is 0 Å². The van der Waals surface area contributed by atoms with E-state index in [-0.39, 0.29) is 0 Å². The topological polar surface area (TPSA) is 12.0 Å². The van der Waals surface area contributed by atoms with Gasteiger partial charge in [0.15, 0.2) is 0 Å². The van der Waals surface area contributed by atoms with Crippen LogP contribution in [0.25, 0.3) is 0 Å². The average molecular weight is 290 g/mol. The van der Waals surface area contributed by atoms with Crippen LogP contribution in [0.3, 0.4) is 0 Å². The summed E-state index contributed by atoms with van der Waals surface area (Å²) in [5.74, 6) is 0. The summed E-state index contributed by atoms with van der Waals surface area (Å²) >= 11 is 0. The fraction of sp³-hybridized carbons (Fsp3) is 0.667. The summed E-state index contributed by atoms with van der Waals surface area (Å²) in [7, 11) is -1.15. The third-order valence-corrected chi connectivity index (χ3v) is 6.95. The number of nitrogens with one attached hydrogen (secondary N) is 1. The van der Waals surface area contributed by atoms with Crippen molar-refractivity contribution in [3.63, 3.8) is 0 Å². The maximum absolute atomic E-state index is 3.80. The minimum absolute atomic E-state index is 0.455. The summed E-state index contributed by atoms with van der Waals surface area (Å²) in [4.78, 5) is 0. The highest BCUT2D eigenvalue weighted by Gasteiger charge is 2.31. The van der Waals surface area contributed by atoms with Crippen LogP contribution in [0.15, 0.2) is 24.3 Å². The maximum atomic E-state index is 3.80. The fourth-order valence-electron chi connectivity index (χ4n) is 3.24. The Morgan fingerprint density at radius 1 is 1.10 bits per heavy atom. The molecule has 1 aromatic carbocycles. The van der Waals surface area contributed by atoms with Gasteiger partial charge in [-0.25, -0.2) is 0 Å². The molecule has 1 N–H and O–H groups in total. The van der Waals surface area contributed by atoms with E-state index in [1.807, 2.05) is 0 Å². The van der Waals surface area contributed by atoms with Crippen LogP contribution in [0.4, 0.5) is 0 Å². The van der Waals surface area contributed by atoms with Gasteiger partial charge in [-0.1, -0.05) is 75.8 Å². The second-order valence-corrected chi connectivity index (χ2v) is 13.2. The van der Waals surface area contributed by atoms with Gasteiger partial charge in [0, 0.05) is 12.6 Å². The molecule has 20 heavy (non-hydrogen) atoms. The molecule has 112 valence electrons. The standard InChI is InChI=1S/C18H31NSi/c1-18(2)13-7-6-8-17(18)19-14-15-9-11-16(12-10-15)20(3,4)5/h9-12,17,19H,6-8,13-14H2,1-5H3. The molecule has 2 rings (SSSR count). The van der Waals surface area contributed by atoms with Crippen molar-refractivity contribution in [2.24, 2.45) is 5.41 Å². The van der Waals surface area contributed by atoms with Gasteiger partial charge in [0.2, 0.25) is 0 Å². The molecule has 1 saturated carbocycles. The molecular formula is C18H31NSi. The Morgan fingerprint density at radius 2 is 1.75 bits per heavy atom. The van der Waals surface area contributed by atoms with Crippen molar-refractivity contribution in [3.8, 4) is 0 Å². The van der Waals surface area contributed by atoms with Gasteiger partial charge in [0.05, 0.1) is 8.07 Å². The minimum Gasteiger partial charge on any atom is -0.309 e. The van der Waals surface area contributed by atoms with Crippen LogP contribution in [0, 0.1) is 5.41 Å². The Morgan fingerprint density at radius 3 is 2.30 bits per heavy atom. The summed E-state index contributed by atoms with van der Waals surface area (Å²) in [6, 6.07) is 9.99. The van der Waals surface area contributed by atoms with Crippen molar-refractivity contribution in [1.29, 1.82) is 0 Å². The van der Waals surface area contributed by atoms with Gasteiger partial charge in [0.25, 0.3) is 0 Å². The number of rotatable bonds is 4. The lowest BCUT2D eigenvalue weighted by Gasteiger charge is -2.39. The molecule has 0 amide bonds. The van der Waals surface area contributed by atoms with Crippen LogP contribution in [-0.4, -0.2) is 14.1 Å². The molecular weight excluding hydrogens is 258 g/mol. The Bertz CT molecular complexity index is 428. The van der Waals surface area contributed by atoms with Gasteiger partial charge in [-0.15, -0.1) is 0 Å². The first-order chi connectivity index (χ1) is 9.29. The monoisotopic (exact) mass is 289 g/mol. The molecule has 1 nitrogen and oxygen atoms in total. The summed E-state index contributed by atoms with van der Waals surface area (Å²) in [5, 5.41) is 5.35. The molecule has 0 bridgehead atoms. The smallest absolute Gasteiger partial charge is 0.0775 e. The molecule has 0 spiro atoms. The van der Waals surface area contributed by atoms with E-state index in [0.717, 1.165) is 6.54 Å². The van der Waals surface area contributed by atoms with Crippen LogP contribution >= 0.6 is 0 Å². The van der Waals surface area contributed by atoms with E-state index in [1.165, 1.54) is 31.2 Å². The zero-order valence-corrected chi connectivity index (χ0v) is 14.9. The van der Waals surface area contributed by atoms with Crippen LogP contribution in [-0.2, 0) is 6.54 Å². The molecule has 1 unspecified atom stereocenters. The highest BCUT2D eigenvalue weighted by atomic mass is 28.3. The van der Waals surface area contributed by atoms with Gasteiger partial charge in [-0.3, -0.25) is 0 Å². The molecule has 1 fully saturated rings. The number of hydrogen-bond acceptors (Lipinski definition) is 1. The van der Waals surface area contributed by atoms with Crippen molar-refractivity contribution in [2.75, 3.05) is 0 Å². The Labute approximate surface area is 126 Å². The van der Waals surface area contributed by atoms with Crippen LogP contribution in [0.1, 0.15) is 45.1 Å². The molecule has 0 radical (unpaired) electrons. The van der Waals surface area contributed by atoms with Gasteiger partial charge in [-0.2, -0.15) is 0 Å². The zero-order chi connectivity index (χ0) is 14.8. The molecule has 2 heteroatoms. The lowest BCUT2D eigenvalue weighted by molar-refractivity contribution is 0.167. The zero-order valence-electron chi connectivity index (χ0n) is 13.9. The molecule has 1 aliphatic rings. The quantitative estimate of drug-likeness (QED) is 0.815. The first-order valence-electron chi connectivity index (χ1n) is 8.12. The summed E-state index contributed by atoms with van der Waals surface area (Å²) in [6.07, 6.45) is 5.48. The summed E-state index contributed by atoms with van der Waals surface area (Å²) < 4.78 is 0. The van der Waals surface area contributed by atoms with Gasteiger partial charge in [-0.05, 0) is 23.8 Å². The number of benzene rings is 1. The van der Waals surface area contributed by atoms with E-state index in [9.17, 15) is 0 Å². The van der Waals surface area contributed by atoms with Gasteiger partial charge < -0.3 is 5.32 Å². The van der Waals surface area contributed by atoms with Crippen molar-refractivity contribution in [1.82, 2.24) is 5.32 Å². The molecule has 1 aliphatic carbocycles. The predicted octanol–water partition coefficient (Wildman–Crippen LogP) is 4.29. The number of hydrogen-bond donors (Lipinski definition) is 1. The predicted molar refractivity (Wildman–Crippen MR) is 92.3 cm³/mol. The first kappa shape index (κ1) is 15.8. The Hall–Kier alpha value is -0.603. The van der Waals surface area contributed by atoms with E-state index in [2.05, 4.69) is 63.1 Å². The summed E-state index contributed by atoms with van der Waals surface area (Å²) in [6.45, 7) is 13.1. The van der Waals surface area contributed by atoms with Crippen molar-refractivity contribution in [3.05, 3.63) is 29.8 Å². The average Bonchev–Trinajstić information content (AvgIpc) is 2.36. The second-order valence-electron chi connectivity index (χ2n) is 8.11. The fourth-order valence-corrected chi connectivity index (χ4v) is 4.40. The van der Waals surface area contributed by atoms with Gasteiger partial charge in [0.1, 0.15) is 0 Å². The van der Waals surface area contributed by atoms with E-state index >= 15 is 0 Å². The third kappa shape index (κ3) is 3.95. The van der Waals surface area contributed by atoms with E-state index < -0.39 is 8.07 Å². The Kier molecular flexibility index (Phi) is 4.75. The molecule has 0 aromatic heterocycles. The maximum Gasteiger partial charge on any atom is 0.0775 e. The lowest BCUT2D eigenvalue weighted by Crippen LogP contribution is -2.43. The van der Waals surface area contributed by atoms with Crippen molar-refractivity contribution < 1.29 is 0 Å². The van der Waals surface area contributed by atoms with E-state index in [0.29, 0.717) is 11.5 Å². The lowest BCUT2D eigenvalue weighted by atomic mass is 9.73. The Balaban J connectivity index is 1.94. The van der Waals surface area contributed by atoms with Crippen molar-refractivity contribution >= 4 is 13.3 Å². The van der Waals surface area contributed by atoms with E-state index in [4.69, 9.17) is 0 Å². The minimum atomic E-state index is -1.15. The molecule has 0 aliphatic heterocycles. The molecule has 0 saturated heterocycles. The molecule has 1 atom stereocenters. The third-order valence-electron chi connectivity index (χ3n) is 4.88. The normalized spacial score (nSPS) is 22.8. The highest BCUT2D eigenvalue weighted by molar-refractivity contribution is 6.88. The summed E-state index contributed by atoms with van der Waals surface area (Å²) in [5.41, 5.74) is 1.88. The van der Waals surface area contributed by atoms with Crippen molar-refractivity contribution in [2.45, 2.75) is 71.8 Å². The first-order valence-corrected chi connectivity index (χ1v) is 11.6. The largest absolute Gasteiger partial charge is 0.309 e. The van der Waals surface area contributed by atoms with Gasteiger partial charge >= 0.3 is 0 Å². The van der Waals surface area contributed by atoms with Crippen LogP contribution in [0.2, 0.25) is 19.6 Å². The molecule has 0 heterocycles. The highest BCUT2D eigenvalue weighted by Crippen LogP contribution is 2.35. The van der Waals surface area contributed by atoms with Crippen LogP contribution < -0.4 is 10.5 Å². The van der Waals surface area contributed by atoms with E-state index in [1.54, 1.807) is 5.19 Å². The second kappa shape index (κ2) is 6.03. The molecule has 1 aromatic rings.